The van der Waals surface area contributed by atoms with E-state index in [0.717, 1.165) is 0 Å². The van der Waals surface area contributed by atoms with Gasteiger partial charge in [-0.05, 0) is 30.2 Å². The fourth-order valence-electron chi connectivity index (χ4n) is 2.17. The number of hydrogen-bond acceptors (Lipinski definition) is 5. The Bertz CT molecular complexity index is 939. The molecule has 0 radical (unpaired) electrons. The Morgan fingerprint density at radius 3 is 2.17 bits per heavy atom. The summed E-state index contributed by atoms with van der Waals surface area (Å²) in [5, 5.41) is 16.2. The Morgan fingerprint density at radius 2 is 1.66 bits per heavy atom. The van der Waals surface area contributed by atoms with Crippen LogP contribution < -0.4 is 10.7 Å². The summed E-state index contributed by atoms with van der Waals surface area (Å²) in [7, 11) is 0. The standard InChI is InChI=1S/C18H15F3N4O4/c1-11(13-4-6-14(7-5-13)22-17(27)18(19,20)21)23-24-16(26)10-12-2-8-15(9-3-12)25(28)29/h2-9H,10H2,1H3,(H,22,27)(H,24,26). The van der Waals surface area contributed by atoms with Gasteiger partial charge in [0.05, 0.1) is 17.1 Å². The summed E-state index contributed by atoms with van der Waals surface area (Å²) in [5.41, 5.74) is 3.67. The molecule has 0 atom stereocenters. The minimum absolute atomic E-state index is 0.0360. The summed E-state index contributed by atoms with van der Waals surface area (Å²) in [6.07, 6.45) is -5.03. The number of non-ortho nitro benzene ring substituents is 1. The number of anilines is 1. The first-order valence-electron chi connectivity index (χ1n) is 8.11. The number of halogens is 3. The van der Waals surface area contributed by atoms with E-state index in [4.69, 9.17) is 0 Å². The highest BCUT2D eigenvalue weighted by Crippen LogP contribution is 2.18. The van der Waals surface area contributed by atoms with Gasteiger partial charge in [-0.25, -0.2) is 5.43 Å². The molecule has 2 amide bonds. The molecule has 0 saturated heterocycles. The number of alkyl halides is 3. The van der Waals surface area contributed by atoms with Gasteiger partial charge in [0.15, 0.2) is 0 Å². The molecule has 0 heterocycles. The number of amides is 2. The molecule has 2 rings (SSSR count). The molecule has 8 nitrogen and oxygen atoms in total. The molecule has 0 bridgehead atoms. The van der Waals surface area contributed by atoms with E-state index in [1.165, 1.54) is 48.5 Å². The molecule has 11 heteroatoms. The second-order valence-electron chi connectivity index (χ2n) is 5.86. The van der Waals surface area contributed by atoms with Gasteiger partial charge in [-0.3, -0.25) is 19.7 Å². The van der Waals surface area contributed by atoms with Crippen molar-refractivity contribution in [2.24, 2.45) is 5.10 Å². The SMILES string of the molecule is CC(=NNC(=O)Cc1ccc([N+](=O)[O-])cc1)c1ccc(NC(=O)C(F)(F)F)cc1. The van der Waals surface area contributed by atoms with E-state index in [1.54, 1.807) is 12.2 Å². The molecule has 0 aliphatic heterocycles. The van der Waals surface area contributed by atoms with E-state index in [-0.39, 0.29) is 17.8 Å². The average molecular weight is 408 g/mol. The Morgan fingerprint density at radius 1 is 1.07 bits per heavy atom. The van der Waals surface area contributed by atoms with E-state index >= 15 is 0 Å². The lowest BCUT2D eigenvalue weighted by atomic mass is 10.1. The molecule has 152 valence electrons. The van der Waals surface area contributed by atoms with Crippen LogP contribution in [-0.4, -0.2) is 28.6 Å². The molecule has 0 aromatic heterocycles. The minimum Gasteiger partial charge on any atom is -0.318 e. The summed E-state index contributed by atoms with van der Waals surface area (Å²) in [6, 6.07) is 10.9. The summed E-state index contributed by atoms with van der Waals surface area (Å²) >= 11 is 0. The number of carbonyl (C=O) groups is 2. The number of nitrogens with zero attached hydrogens (tertiary/aromatic N) is 2. The Labute approximate surface area is 162 Å². The van der Waals surface area contributed by atoms with Gasteiger partial charge in [0.2, 0.25) is 5.91 Å². The number of nitro benzene ring substituents is 1. The van der Waals surface area contributed by atoms with Crippen LogP contribution in [0.5, 0.6) is 0 Å². The van der Waals surface area contributed by atoms with Crippen LogP contribution in [0.1, 0.15) is 18.1 Å². The van der Waals surface area contributed by atoms with Crippen molar-refractivity contribution in [3.05, 3.63) is 69.8 Å². The van der Waals surface area contributed by atoms with Crippen LogP contribution in [-0.2, 0) is 16.0 Å². The first-order chi connectivity index (χ1) is 13.6. The molecular weight excluding hydrogens is 393 g/mol. The second kappa shape index (κ2) is 8.95. The van der Waals surface area contributed by atoms with E-state index in [1.807, 2.05) is 0 Å². The number of carbonyl (C=O) groups excluding carboxylic acids is 2. The zero-order chi connectivity index (χ0) is 21.6. The van der Waals surface area contributed by atoms with Crippen molar-refractivity contribution in [3.8, 4) is 0 Å². The number of hydrogen-bond donors (Lipinski definition) is 2. The van der Waals surface area contributed by atoms with E-state index in [9.17, 15) is 32.9 Å². The van der Waals surface area contributed by atoms with Gasteiger partial charge in [0.1, 0.15) is 0 Å². The number of benzene rings is 2. The van der Waals surface area contributed by atoms with Gasteiger partial charge in [-0.2, -0.15) is 18.3 Å². The number of hydrazone groups is 1. The van der Waals surface area contributed by atoms with Crippen molar-refractivity contribution in [1.29, 1.82) is 0 Å². The van der Waals surface area contributed by atoms with Crippen LogP contribution in [0.4, 0.5) is 24.5 Å². The number of nitrogens with one attached hydrogen (secondary N) is 2. The summed E-state index contributed by atoms with van der Waals surface area (Å²) in [5.74, 6) is -2.53. The van der Waals surface area contributed by atoms with Gasteiger partial charge >= 0.3 is 12.1 Å². The van der Waals surface area contributed by atoms with Gasteiger partial charge in [-0.15, -0.1) is 0 Å². The van der Waals surface area contributed by atoms with Crippen LogP contribution >= 0.6 is 0 Å². The average Bonchev–Trinajstić information content (AvgIpc) is 2.66. The van der Waals surface area contributed by atoms with Crippen molar-refractivity contribution >= 4 is 28.9 Å². The van der Waals surface area contributed by atoms with Gasteiger partial charge in [0.25, 0.3) is 5.69 Å². The molecule has 29 heavy (non-hydrogen) atoms. The fraction of sp³-hybridized carbons (Fsp3) is 0.167. The van der Waals surface area contributed by atoms with Crippen molar-refractivity contribution < 1.29 is 27.7 Å². The van der Waals surface area contributed by atoms with Crippen LogP contribution in [0.25, 0.3) is 0 Å². The zero-order valence-electron chi connectivity index (χ0n) is 15.0. The van der Waals surface area contributed by atoms with Crippen LogP contribution in [0.15, 0.2) is 53.6 Å². The molecular formula is C18H15F3N4O4. The van der Waals surface area contributed by atoms with Gasteiger partial charge < -0.3 is 5.32 Å². The third kappa shape index (κ3) is 6.41. The first-order valence-corrected chi connectivity index (χ1v) is 8.11. The molecule has 0 spiro atoms. The Kier molecular flexibility index (Phi) is 6.65. The highest BCUT2D eigenvalue weighted by atomic mass is 19.4. The largest absolute Gasteiger partial charge is 0.471 e. The molecule has 2 N–H and O–H groups in total. The molecule has 0 saturated carbocycles. The lowest BCUT2D eigenvalue weighted by molar-refractivity contribution is -0.384. The predicted molar refractivity (Wildman–Crippen MR) is 98.3 cm³/mol. The van der Waals surface area contributed by atoms with Crippen molar-refractivity contribution in [2.75, 3.05) is 5.32 Å². The second-order valence-corrected chi connectivity index (χ2v) is 5.86. The topological polar surface area (TPSA) is 114 Å². The molecule has 2 aromatic rings. The van der Waals surface area contributed by atoms with Gasteiger partial charge in [-0.1, -0.05) is 24.3 Å². The van der Waals surface area contributed by atoms with Crippen molar-refractivity contribution in [3.63, 3.8) is 0 Å². The van der Waals surface area contributed by atoms with Crippen LogP contribution in [0, 0.1) is 10.1 Å². The Hall–Kier alpha value is -3.76. The molecule has 0 fully saturated rings. The maximum atomic E-state index is 12.2. The third-order valence-electron chi connectivity index (χ3n) is 3.68. The highest BCUT2D eigenvalue weighted by molar-refractivity contribution is 6.00. The number of nitro groups is 1. The predicted octanol–water partition coefficient (Wildman–Crippen LogP) is 3.18. The van der Waals surface area contributed by atoms with E-state index in [0.29, 0.717) is 16.8 Å². The summed E-state index contributed by atoms with van der Waals surface area (Å²) < 4.78 is 36.7. The lowest BCUT2D eigenvalue weighted by Gasteiger charge is -2.08. The fourth-order valence-corrected chi connectivity index (χ4v) is 2.17. The lowest BCUT2D eigenvalue weighted by Crippen LogP contribution is -2.29. The van der Waals surface area contributed by atoms with Crippen molar-refractivity contribution in [1.82, 2.24) is 5.43 Å². The number of rotatable bonds is 6. The molecule has 0 unspecified atom stereocenters. The monoisotopic (exact) mass is 408 g/mol. The summed E-state index contributed by atoms with van der Waals surface area (Å²) in [4.78, 5) is 32.9. The van der Waals surface area contributed by atoms with Crippen molar-refractivity contribution in [2.45, 2.75) is 19.5 Å². The Balaban J connectivity index is 1.94. The third-order valence-corrected chi connectivity index (χ3v) is 3.68. The minimum atomic E-state index is -4.98. The molecule has 0 aliphatic rings. The summed E-state index contributed by atoms with van der Waals surface area (Å²) in [6.45, 7) is 1.58. The molecule has 2 aromatic carbocycles. The highest BCUT2D eigenvalue weighted by Gasteiger charge is 2.38. The maximum absolute atomic E-state index is 12.2. The van der Waals surface area contributed by atoms with E-state index < -0.39 is 22.9 Å². The van der Waals surface area contributed by atoms with Crippen LogP contribution in [0.3, 0.4) is 0 Å². The smallest absolute Gasteiger partial charge is 0.318 e. The maximum Gasteiger partial charge on any atom is 0.471 e. The zero-order valence-corrected chi connectivity index (χ0v) is 15.0. The molecule has 0 aliphatic carbocycles. The van der Waals surface area contributed by atoms with Crippen LogP contribution in [0.2, 0.25) is 0 Å². The van der Waals surface area contributed by atoms with Gasteiger partial charge in [0, 0.05) is 17.8 Å². The van der Waals surface area contributed by atoms with E-state index in [2.05, 4.69) is 10.5 Å². The normalized spacial score (nSPS) is 11.7. The first kappa shape index (κ1) is 21.5. The quantitative estimate of drug-likeness (QED) is 0.434.